The highest BCUT2D eigenvalue weighted by Gasteiger charge is 2.30. The van der Waals surface area contributed by atoms with Crippen LogP contribution in [-0.4, -0.2) is 46.9 Å². The van der Waals surface area contributed by atoms with E-state index in [0.29, 0.717) is 32.1 Å². The number of hydrogen-bond donors (Lipinski definition) is 2. The van der Waals surface area contributed by atoms with Crippen LogP contribution in [0.1, 0.15) is 65.2 Å². The number of carbonyl (C=O) groups excluding carboxylic acids is 2. The van der Waals surface area contributed by atoms with Crippen molar-refractivity contribution in [3.05, 3.63) is 0 Å². The number of carbonyl (C=O) groups is 3. The largest absolute Gasteiger partial charge is 0.481 e. The monoisotopic (exact) mass is 326 g/mol. The number of amides is 2. The van der Waals surface area contributed by atoms with Gasteiger partial charge in [0, 0.05) is 32.0 Å². The van der Waals surface area contributed by atoms with E-state index in [4.69, 9.17) is 5.11 Å². The summed E-state index contributed by atoms with van der Waals surface area (Å²) < 4.78 is 0. The summed E-state index contributed by atoms with van der Waals surface area (Å²) in [5, 5.41) is 11.8. The van der Waals surface area contributed by atoms with Crippen molar-refractivity contribution in [2.45, 2.75) is 71.3 Å². The van der Waals surface area contributed by atoms with Gasteiger partial charge in [0.2, 0.25) is 11.8 Å². The van der Waals surface area contributed by atoms with E-state index in [-0.39, 0.29) is 23.8 Å². The number of nitrogens with zero attached hydrogens (tertiary/aromatic N) is 1. The topological polar surface area (TPSA) is 86.7 Å². The van der Waals surface area contributed by atoms with E-state index in [0.717, 1.165) is 32.4 Å². The fourth-order valence-corrected chi connectivity index (χ4v) is 3.10. The Morgan fingerprint density at radius 3 is 2.26 bits per heavy atom. The first kappa shape index (κ1) is 19.5. The lowest BCUT2D eigenvalue weighted by atomic mass is 10.1. The van der Waals surface area contributed by atoms with E-state index >= 15 is 0 Å². The zero-order valence-electron chi connectivity index (χ0n) is 14.3. The van der Waals surface area contributed by atoms with Gasteiger partial charge in [0.05, 0.1) is 5.92 Å². The second-order valence-corrected chi connectivity index (χ2v) is 6.35. The maximum Gasteiger partial charge on any atom is 0.306 e. The molecule has 132 valence electrons. The molecule has 0 aromatic heterocycles. The molecule has 0 spiro atoms. The van der Waals surface area contributed by atoms with Crippen molar-refractivity contribution < 1.29 is 19.5 Å². The maximum atomic E-state index is 12.1. The standard InChI is InChI=1S/C17H30N2O4/c1-3-10-19(11-4-2)16(21)7-5-6-15(20)18-14-9-8-13(12-14)17(22)23/h13-14H,3-12H2,1-2H3,(H,18,20)(H,22,23)/t13-,14+/m0/s1. The third-order valence-electron chi connectivity index (χ3n) is 4.28. The normalized spacial score (nSPS) is 20.3. The Labute approximate surface area is 138 Å². The van der Waals surface area contributed by atoms with E-state index in [1.165, 1.54) is 0 Å². The quantitative estimate of drug-likeness (QED) is 0.644. The Kier molecular flexibility index (Phi) is 8.66. The Balaban J connectivity index is 2.23. The van der Waals surface area contributed by atoms with Gasteiger partial charge in [-0.15, -0.1) is 0 Å². The summed E-state index contributed by atoms with van der Waals surface area (Å²) in [6.07, 6.45) is 5.02. The summed E-state index contributed by atoms with van der Waals surface area (Å²) in [5.41, 5.74) is 0. The zero-order valence-corrected chi connectivity index (χ0v) is 14.3. The van der Waals surface area contributed by atoms with E-state index in [1.54, 1.807) is 0 Å². The molecular formula is C17H30N2O4. The van der Waals surface area contributed by atoms with Gasteiger partial charge in [0.1, 0.15) is 0 Å². The van der Waals surface area contributed by atoms with Gasteiger partial charge in [-0.05, 0) is 38.5 Å². The number of nitrogens with one attached hydrogen (secondary N) is 1. The number of hydrogen-bond acceptors (Lipinski definition) is 3. The Morgan fingerprint density at radius 2 is 1.74 bits per heavy atom. The summed E-state index contributed by atoms with van der Waals surface area (Å²) >= 11 is 0. The number of aliphatic carboxylic acids is 1. The summed E-state index contributed by atoms with van der Waals surface area (Å²) in [7, 11) is 0. The highest BCUT2D eigenvalue weighted by atomic mass is 16.4. The predicted molar refractivity (Wildman–Crippen MR) is 87.9 cm³/mol. The molecule has 0 bridgehead atoms. The van der Waals surface area contributed by atoms with Gasteiger partial charge in [0.15, 0.2) is 0 Å². The molecule has 2 amide bonds. The van der Waals surface area contributed by atoms with Crippen LogP contribution in [0.15, 0.2) is 0 Å². The van der Waals surface area contributed by atoms with Gasteiger partial charge >= 0.3 is 5.97 Å². The van der Waals surface area contributed by atoms with Crippen LogP contribution in [0.3, 0.4) is 0 Å². The molecule has 23 heavy (non-hydrogen) atoms. The molecule has 1 fully saturated rings. The Morgan fingerprint density at radius 1 is 1.09 bits per heavy atom. The number of carboxylic acids is 1. The van der Waals surface area contributed by atoms with Crippen LogP contribution < -0.4 is 5.32 Å². The zero-order chi connectivity index (χ0) is 17.2. The first-order chi connectivity index (χ1) is 11.0. The lowest BCUT2D eigenvalue weighted by Crippen LogP contribution is -2.34. The van der Waals surface area contributed by atoms with E-state index in [2.05, 4.69) is 19.2 Å². The third kappa shape index (κ3) is 7.01. The Bertz CT molecular complexity index is 405. The van der Waals surface area contributed by atoms with E-state index in [9.17, 15) is 14.4 Å². The summed E-state index contributed by atoms with van der Waals surface area (Å²) in [5.74, 6) is -1.07. The highest BCUT2D eigenvalue weighted by molar-refractivity contribution is 5.79. The summed E-state index contributed by atoms with van der Waals surface area (Å²) in [6.45, 7) is 5.65. The van der Waals surface area contributed by atoms with Crippen molar-refractivity contribution in [2.24, 2.45) is 5.92 Å². The molecule has 0 unspecified atom stereocenters. The second kappa shape index (κ2) is 10.2. The smallest absolute Gasteiger partial charge is 0.306 e. The van der Waals surface area contributed by atoms with Gasteiger partial charge in [-0.2, -0.15) is 0 Å². The van der Waals surface area contributed by atoms with Crippen molar-refractivity contribution >= 4 is 17.8 Å². The lowest BCUT2D eigenvalue weighted by Gasteiger charge is -2.21. The molecule has 0 aromatic rings. The van der Waals surface area contributed by atoms with Crippen molar-refractivity contribution in [2.75, 3.05) is 13.1 Å². The maximum absolute atomic E-state index is 12.1. The molecule has 0 saturated heterocycles. The Hall–Kier alpha value is -1.59. The number of rotatable bonds is 10. The van der Waals surface area contributed by atoms with Gasteiger partial charge in [-0.3, -0.25) is 14.4 Å². The van der Waals surface area contributed by atoms with Crippen LogP contribution in [0, 0.1) is 5.92 Å². The van der Waals surface area contributed by atoms with Crippen LogP contribution in [0.2, 0.25) is 0 Å². The van der Waals surface area contributed by atoms with Gasteiger partial charge in [0.25, 0.3) is 0 Å². The average Bonchev–Trinajstić information content (AvgIpc) is 2.95. The summed E-state index contributed by atoms with van der Waals surface area (Å²) in [6, 6.07) is -0.0315. The molecule has 1 aliphatic rings. The van der Waals surface area contributed by atoms with Crippen molar-refractivity contribution in [3.63, 3.8) is 0 Å². The van der Waals surface area contributed by atoms with Crippen molar-refractivity contribution in [1.29, 1.82) is 0 Å². The first-order valence-electron chi connectivity index (χ1n) is 8.77. The fraction of sp³-hybridized carbons (Fsp3) is 0.824. The molecule has 2 atom stereocenters. The molecule has 6 heteroatoms. The van der Waals surface area contributed by atoms with Crippen LogP contribution in [0.5, 0.6) is 0 Å². The van der Waals surface area contributed by atoms with Gasteiger partial charge in [-0.1, -0.05) is 13.8 Å². The minimum absolute atomic E-state index is 0.0315. The minimum atomic E-state index is -0.778. The van der Waals surface area contributed by atoms with E-state index in [1.807, 2.05) is 4.90 Å². The van der Waals surface area contributed by atoms with Gasteiger partial charge in [-0.25, -0.2) is 0 Å². The second-order valence-electron chi connectivity index (χ2n) is 6.35. The number of carboxylic acid groups (broad SMARTS) is 1. The van der Waals surface area contributed by atoms with Crippen LogP contribution in [0.4, 0.5) is 0 Å². The molecular weight excluding hydrogens is 296 g/mol. The van der Waals surface area contributed by atoms with Crippen molar-refractivity contribution in [1.82, 2.24) is 10.2 Å². The van der Waals surface area contributed by atoms with Crippen LogP contribution >= 0.6 is 0 Å². The molecule has 1 rings (SSSR count). The molecule has 1 saturated carbocycles. The van der Waals surface area contributed by atoms with Crippen LogP contribution in [-0.2, 0) is 14.4 Å². The molecule has 0 aliphatic heterocycles. The molecule has 0 heterocycles. The van der Waals surface area contributed by atoms with Gasteiger partial charge < -0.3 is 15.3 Å². The first-order valence-corrected chi connectivity index (χ1v) is 8.77. The molecule has 0 radical (unpaired) electrons. The van der Waals surface area contributed by atoms with Crippen LogP contribution in [0.25, 0.3) is 0 Å². The third-order valence-corrected chi connectivity index (χ3v) is 4.28. The molecule has 2 N–H and O–H groups in total. The SMILES string of the molecule is CCCN(CCC)C(=O)CCCC(=O)N[C@@H]1CC[C@H](C(=O)O)C1. The molecule has 0 aromatic carbocycles. The van der Waals surface area contributed by atoms with Crippen molar-refractivity contribution in [3.8, 4) is 0 Å². The van der Waals surface area contributed by atoms with E-state index < -0.39 is 5.97 Å². The fourth-order valence-electron chi connectivity index (χ4n) is 3.10. The molecule has 6 nitrogen and oxygen atoms in total. The summed E-state index contributed by atoms with van der Waals surface area (Å²) in [4.78, 5) is 36.8. The lowest BCUT2D eigenvalue weighted by molar-refractivity contribution is -0.141. The average molecular weight is 326 g/mol. The highest BCUT2D eigenvalue weighted by Crippen LogP contribution is 2.25. The molecule has 1 aliphatic carbocycles. The predicted octanol–water partition coefficient (Wildman–Crippen LogP) is 2.17. The minimum Gasteiger partial charge on any atom is -0.481 e.